The number of anilines is 1. The van der Waals surface area contributed by atoms with E-state index in [1.807, 2.05) is 26.8 Å². The smallest absolute Gasteiger partial charge is 0.282 e. The quantitative estimate of drug-likeness (QED) is 0.806. The number of hydrogen-bond donors (Lipinski definition) is 1. The molecule has 1 aromatic heterocycles. The first-order chi connectivity index (χ1) is 10.6. The van der Waals surface area contributed by atoms with E-state index < -0.39 is 17.3 Å². The predicted molar refractivity (Wildman–Crippen MR) is 90.2 cm³/mol. The van der Waals surface area contributed by atoms with Crippen molar-refractivity contribution in [3.8, 4) is 0 Å². The Kier molecular flexibility index (Phi) is 5.53. The molecule has 0 radical (unpaired) electrons. The molecule has 4 nitrogen and oxygen atoms in total. The molecule has 0 amide bonds. The largest absolute Gasteiger partial charge is 0.598 e. The molecule has 0 unspecified atom stereocenters. The van der Waals surface area contributed by atoms with Gasteiger partial charge in [0.2, 0.25) is 0 Å². The minimum atomic E-state index is -2.58. The van der Waals surface area contributed by atoms with Crippen LogP contribution in [0, 0.1) is 5.92 Å². The summed E-state index contributed by atoms with van der Waals surface area (Å²) in [5.74, 6) is -1.68. The van der Waals surface area contributed by atoms with Crippen LogP contribution in [0.5, 0.6) is 0 Å². The number of nitrogens with one attached hydrogen (secondary N) is 1. The Labute approximate surface area is 140 Å². The number of pyridine rings is 1. The van der Waals surface area contributed by atoms with Crippen LogP contribution < -0.4 is 9.62 Å². The molecule has 0 saturated carbocycles. The van der Waals surface area contributed by atoms with Gasteiger partial charge in [0.1, 0.15) is 10.6 Å². The van der Waals surface area contributed by atoms with E-state index in [2.05, 4.69) is 16.6 Å². The van der Waals surface area contributed by atoms with Gasteiger partial charge in [0.25, 0.3) is 5.92 Å². The summed E-state index contributed by atoms with van der Waals surface area (Å²) < 4.78 is 40.5. The van der Waals surface area contributed by atoms with Gasteiger partial charge in [-0.25, -0.2) is 13.8 Å². The summed E-state index contributed by atoms with van der Waals surface area (Å²) in [5, 5.41) is 0. The SMILES string of the molecule is C[C@H](CN[S@+]([O-])C(C)(C)C)Cc1ccc(N2CC(F)(F)C2)nc1. The molecule has 7 heteroatoms. The average molecular weight is 345 g/mol. The molecule has 0 aliphatic carbocycles. The number of hydrogen-bond acceptors (Lipinski definition) is 4. The minimum absolute atomic E-state index is 0.252. The highest BCUT2D eigenvalue weighted by molar-refractivity contribution is 7.90. The van der Waals surface area contributed by atoms with Crippen molar-refractivity contribution in [3.63, 3.8) is 0 Å². The lowest BCUT2D eigenvalue weighted by Gasteiger charge is -2.39. The number of nitrogens with zero attached hydrogens (tertiary/aromatic N) is 2. The number of aromatic nitrogens is 1. The predicted octanol–water partition coefficient (Wildman–Crippen LogP) is 2.77. The highest BCUT2D eigenvalue weighted by Gasteiger charge is 2.44. The highest BCUT2D eigenvalue weighted by Crippen LogP contribution is 2.30. The van der Waals surface area contributed by atoms with Crippen LogP contribution in [0.3, 0.4) is 0 Å². The Bertz CT molecular complexity index is 511. The molecule has 1 aliphatic rings. The maximum atomic E-state index is 12.9. The molecule has 2 atom stereocenters. The van der Waals surface area contributed by atoms with Crippen LogP contribution >= 0.6 is 0 Å². The summed E-state index contributed by atoms with van der Waals surface area (Å²) in [5.41, 5.74) is 1.05. The van der Waals surface area contributed by atoms with Crippen molar-refractivity contribution in [2.75, 3.05) is 24.5 Å². The molecule has 2 rings (SSSR count). The summed E-state index contributed by atoms with van der Waals surface area (Å²) in [6, 6.07) is 3.72. The van der Waals surface area contributed by atoms with Crippen LogP contribution in [0.1, 0.15) is 33.3 Å². The molecule has 1 aliphatic heterocycles. The second-order valence-electron chi connectivity index (χ2n) is 7.28. The molecule has 23 heavy (non-hydrogen) atoms. The molecule has 0 bridgehead atoms. The van der Waals surface area contributed by atoms with Crippen molar-refractivity contribution in [3.05, 3.63) is 23.9 Å². The lowest BCUT2D eigenvalue weighted by atomic mass is 10.0. The Morgan fingerprint density at radius 3 is 2.52 bits per heavy atom. The number of halogens is 2. The lowest BCUT2D eigenvalue weighted by molar-refractivity contribution is -0.0267. The fourth-order valence-corrected chi connectivity index (χ4v) is 3.18. The Hall–Kier alpha value is -0.920. The van der Waals surface area contributed by atoms with Crippen LogP contribution in [0.2, 0.25) is 0 Å². The van der Waals surface area contributed by atoms with E-state index in [1.165, 1.54) is 0 Å². The summed E-state index contributed by atoms with van der Waals surface area (Å²) in [7, 11) is 0. The second-order valence-corrected chi connectivity index (χ2v) is 9.33. The molecule has 0 aromatic carbocycles. The average Bonchev–Trinajstić information content (AvgIpc) is 2.42. The molecule has 130 valence electrons. The van der Waals surface area contributed by atoms with Gasteiger partial charge in [-0.1, -0.05) is 13.0 Å². The zero-order valence-corrected chi connectivity index (χ0v) is 14.9. The fraction of sp³-hybridized carbons (Fsp3) is 0.688. The third-order valence-electron chi connectivity index (χ3n) is 3.68. The molecule has 2 heterocycles. The van der Waals surface area contributed by atoms with Gasteiger partial charge in [0.05, 0.1) is 13.1 Å². The summed E-state index contributed by atoms with van der Waals surface area (Å²) in [4.78, 5) is 5.84. The lowest BCUT2D eigenvalue weighted by Crippen LogP contribution is -2.56. The maximum Gasteiger partial charge on any atom is 0.282 e. The van der Waals surface area contributed by atoms with Gasteiger partial charge in [-0.05, 0) is 44.7 Å². The topological polar surface area (TPSA) is 51.2 Å². The number of rotatable bonds is 6. The van der Waals surface area contributed by atoms with E-state index in [-0.39, 0.29) is 17.8 Å². The first-order valence-corrected chi connectivity index (χ1v) is 8.95. The zero-order valence-electron chi connectivity index (χ0n) is 14.1. The third kappa shape index (κ3) is 5.29. The summed E-state index contributed by atoms with van der Waals surface area (Å²) >= 11 is -1.07. The van der Waals surface area contributed by atoms with Crippen molar-refractivity contribution in [1.29, 1.82) is 0 Å². The molecule has 0 spiro atoms. The Morgan fingerprint density at radius 2 is 2.04 bits per heavy atom. The van der Waals surface area contributed by atoms with Crippen molar-refractivity contribution < 1.29 is 13.3 Å². The van der Waals surface area contributed by atoms with Crippen molar-refractivity contribution in [2.45, 2.75) is 44.8 Å². The van der Waals surface area contributed by atoms with Gasteiger partial charge in [-0.15, -0.1) is 4.72 Å². The van der Waals surface area contributed by atoms with Gasteiger partial charge in [-0.3, -0.25) is 0 Å². The van der Waals surface area contributed by atoms with E-state index in [0.29, 0.717) is 18.3 Å². The maximum absolute atomic E-state index is 12.9. The molecule has 1 saturated heterocycles. The van der Waals surface area contributed by atoms with Gasteiger partial charge in [0.15, 0.2) is 0 Å². The van der Waals surface area contributed by atoms with Crippen LogP contribution in [0.15, 0.2) is 18.3 Å². The first kappa shape index (κ1) is 18.4. The van der Waals surface area contributed by atoms with E-state index in [9.17, 15) is 13.3 Å². The van der Waals surface area contributed by atoms with Crippen LogP contribution in [0.25, 0.3) is 0 Å². The third-order valence-corrected chi connectivity index (χ3v) is 5.22. The summed E-state index contributed by atoms with van der Waals surface area (Å²) in [6.07, 6.45) is 2.54. The highest BCUT2D eigenvalue weighted by atomic mass is 32.2. The second kappa shape index (κ2) is 6.91. The molecular weight excluding hydrogens is 320 g/mol. The standard InChI is InChI=1S/C16H25F2N3OS/c1-12(8-20-23(22)15(2,3)4)7-13-5-6-14(19-9-13)21-10-16(17,18)11-21/h5-6,9,12,20H,7-8,10-11H2,1-4H3/t12-,23+/m0/s1. The van der Waals surface area contributed by atoms with E-state index >= 15 is 0 Å². The summed E-state index contributed by atoms with van der Waals surface area (Å²) in [6.45, 7) is 8.03. The number of alkyl halides is 2. The van der Waals surface area contributed by atoms with Gasteiger partial charge >= 0.3 is 0 Å². The first-order valence-electron chi connectivity index (χ1n) is 7.80. The van der Waals surface area contributed by atoms with E-state index in [0.717, 1.165) is 12.0 Å². The van der Waals surface area contributed by atoms with E-state index in [1.54, 1.807) is 17.2 Å². The molecule has 1 fully saturated rings. The van der Waals surface area contributed by atoms with Gasteiger partial charge < -0.3 is 9.45 Å². The molecule has 1 N–H and O–H groups in total. The Balaban J connectivity index is 1.79. The van der Waals surface area contributed by atoms with Crippen molar-refractivity contribution in [1.82, 2.24) is 9.71 Å². The Morgan fingerprint density at radius 1 is 1.39 bits per heavy atom. The van der Waals surface area contributed by atoms with Crippen molar-refractivity contribution >= 4 is 17.2 Å². The van der Waals surface area contributed by atoms with Crippen molar-refractivity contribution in [2.24, 2.45) is 5.92 Å². The van der Waals surface area contributed by atoms with E-state index in [4.69, 9.17) is 0 Å². The zero-order chi connectivity index (χ0) is 17.3. The fourth-order valence-electron chi connectivity index (χ4n) is 2.31. The van der Waals surface area contributed by atoms with Crippen LogP contribution in [-0.4, -0.2) is 39.8 Å². The van der Waals surface area contributed by atoms with Gasteiger partial charge in [0, 0.05) is 24.1 Å². The minimum Gasteiger partial charge on any atom is -0.598 e. The van der Waals surface area contributed by atoms with Crippen LogP contribution in [0.4, 0.5) is 14.6 Å². The van der Waals surface area contributed by atoms with Crippen LogP contribution in [-0.2, 0) is 17.8 Å². The van der Waals surface area contributed by atoms with Gasteiger partial charge in [-0.2, -0.15) is 0 Å². The molecular formula is C16H25F2N3OS. The molecule has 1 aromatic rings. The normalized spacial score (nSPS) is 20.0. The monoisotopic (exact) mass is 345 g/mol.